The van der Waals surface area contributed by atoms with Gasteiger partial charge in [-0.2, -0.15) is 0 Å². The number of carbonyl (C=O) groups is 1. The number of carbonyl (C=O) groups excluding carboxylic acids is 1. The van der Waals surface area contributed by atoms with Crippen LogP contribution < -0.4 is 5.73 Å². The first-order chi connectivity index (χ1) is 7.69. The van der Waals surface area contributed by atoms with Gasteiger partial charge >= 0.3 is 0 Å². The molecular formula is C11H23N3O2. The molecule has 1 heterocycles. The number of rotatable bonds is 5. The predicted molar refractivity (Wildman–Crippen MR) is 63.0 cm³/mol. The van der Waals surface area contributed by atoms with Crippen LogP contribution in [0.1, 0.15) is 19.8 Å². The van der Waals surface area contributed by atoms with E-state index in [1.165, 1.54) is 0 Å². The Bertz CT molecular complexity index is 215. The van der Waals surface area contributed by atoms with Crippen LogP contribution in [-0.2, 0) is 4.79 Å². The largest absolute Gasteiger partial charge is 0.395 e. The summed E-state index contributed by atoms with van der Waals surface area (Å²) in [6.07, 6.45) is 1.70. The Balaban J connectivity index is 2.32. The van der Waals surface area contributed by atoms with Gasteiger partial charge in [-0.05, 0) is 6.42 Å². The third kappa shape index (κ3) is 3.73. The molecule has 0 unspecified atom stereocenters. The maximum Gasteiger partial charge on any atom is 0.239 e. The van der Waals surface area contributed by atoms with Gasteiger partial charge in [-0.1, -0.05) is 13.3 Å². The molecule has 0 aromatic carbocycles. The molecule has 1 amide bonds. The van der Waals surface area contributed by atoms with Crippen LogP contribution in [-0.4, -0.2) is 66.2 Å². The van der Waals surface area contributed by atoms with E-state index in [0.29, 0.717) is 6.54 Å². The number of hydrogen-bond acceptors (Lipinski definition) is 4. The molecule has 1 saturated heterocycles. The van der Waals surface area contributed by atoms with E-state index in [4.69, 9.17) is 10.8 Å². The van der Waals surface area contributed by atoms with Crippen LogP contribution in [0.15, 0.2) is 0 Å². The second-order valence-corrected chi connectivity index (χ2v) is 4.29. The zero-order valence-electron chi connectivity index (χ0n) is 10.1. The average molecular weight is 229 g/mol. The highest BCUT2D eigenvalue weighted by atomic mass is 16.3. The molecule has 0 aliphatic carbocycles. The van der Waals surface area contributed by atoms with Gasteiger partial charge in [0.1, 0.15) is 0 Å². The number of aliphatic hydroxyl groups excluding tert-OH is 1. The summed E-state index contributed by atoms with van der Waals surface area (Å²) in [6.45, 7) is 6.06. The molecule has 0 bridgehead atoms. The van der Waals surface area contributed by atoms with E-state index < -0.39 is 0 Å². The zero-order valence-corrected chi connectivity index (χ0v) is 10.1. The Kier molecular flexibility index (Phi) is 5.73. The van der Waals surface area contributed by atoms with Gasteiger partial charge in [0.25, 0.3) is 0 Å². The smallest absolute Gasteiger partial charge is 0.239 e. The van der Waals surface area contributed by atoms with Crippen LogP contribution in [0.25, 0.3) is 0 Å². The average Bonchev–Trinajstić information content (AvgIpc) is 2.30. The van der Waals surface area contributed by atoms with E-state index in [-0.39, 0.29) is 18.6 Å². The van der Waals surface area contributed by atoms with Crippen LogP contribution >= 0.6 is 0 Å². The van der Waals surface area contributed by atoms with Crippen molar-refractivity contribution in [3.63, 3.8) is 0 Å². The minimum Gasteiger partial charge on any atom is -0.395 e. The molecule has 5 heteroatoms. The maximum absolute atomic E-state index is 11.9. The molecule has 0 saturated carbocycles. The van der Waals surface area contributed by atoms with Gasteiger partial charge in [0.15, 0.2) is 0 Å². The molecule has 16 heavy (non-hydrogen) atoms. The predicted octanol–water partition coefficient (Wildman–Crippen LogP) is -0.750. The van der Waals surface area contributed by atoms with Crippen molar-refractivity contribution in [1.82, 2.24) is 9.80 Å². The first-order valence-corrected chi connectivity index (χ1v) is 6.06. The number of hydrogen-bond donors (Lipinski definition) is 2. The first-order valence-electron chi connectivity index (χ1n) is 6.06. The van der Waals surface area contributed by atoms with E-state index in [2.05, 4.69) is 4.90 Å². The summed E-state index contributed by atoms with van der Waals surface area (Å²) in [5.74, 6) is 0.0745. The Morgan fingerprint density at radius 1 is 1.38 bits per heavy atom. The number of nitrogens with two attached hydrogens (primary N) is 1. The van der Waals surface area contributed by atoms with Crippen molar-refractivity contribution < 1.29 is 9.90 Å². The fourth-order valence-corrected chi connectivity index (χ4v) is 2.00. The standard InChI is InChI=1S/C11H23N3O2/c1-2-3-10(12)11(16)14-6-4-13(5-7-14)8-9-15/h10,15H,2-9,12H2,1H3/t10-/m1/s1. The molecule has 1 aliphatic rings. The van der Waals surface area contributed by atoms with Crippen molar-refractivity contribution >= 4 is 5.91 Å². The lowest BCUT2D eigenvalue weighted by atomic mass is 10.1. The molecule has 1 aliphatic heterocycles. The van der Waals surface area contributed by atoms with Crippen molar-refractivity contribution in [2.24, 2.45) is 5.73 Å². The van der Waals surface area contributed by atoms with E-state index in [0.717, 1.165) is 39.0 Å². The second-order valence-electron chi connectivity index (χ2n) is 4.29. The molecular weight excluding hydrogens is 206 g/mol. The van der Waals surface area contributed by atoms with Crippen molar-refractivity contribution in [3.8, 4) is 0 Å². The van der Waals surface area contributed by atoms with Gasteiger partial charge < -0.3 is 15.7 Å². The summed E-state index contributed by atoms with van der Waals surface area (Å²) in [6, 6.07) is -0.339. The van der Waals surface area contributed by atoms with Gasteiger partial charge in [0.05, 0.1) is 12.6 Å². The molecule has 0 aromatic rings. The Labute approximate surface area is 97.2 Å². The first kappa shape index (κ1) is 13.4. The summed E-state index contributed by atoms with van der Waals surface area (Å²) in [4.78, 5) is 15.9. The Hall–Kier alpha value is -0.650. The van der Waals surface area contributed by atoms with Crippen LogP contribution in [0, 0.1) is 0 Å². The molecule has 1 fully saturated rings. The topological polar surface area (TPSA) is 69.8 Å². The van der Waals surface area contributed by atoms with Crippen molar-refractivity contribution in [2.75, 3.05) is 39.3 Å². The highest BCUT2D eigenvalue weighted by Crippen LogP contribution is 2.05. The van der Waals surface area contributed by atoms with Gasteiger partial charge in [-0.3, -0.25) is 9.69 Å². The molecule has 1 rings (SSSR count). The van der Waals surface area contributed by atoms with Crippen LogP contribution in [0.5, 0.6) is 0 Å². The summed E-state index contributed by atoms with van der Waals surface area (Å²) in [7, 11) is 0. The Morgan fingerprint density at radius 3 is 2.50 bits per heavy atom. The lowest BCUT2D eigenvalue weighted by molar-refractivity contribution is -0.134. The minimum absolute atomic E-state index is 0.0745. The third-order valence-electron chi connectivity index (χ3n) is 3.02. The van der Waals surface area contributed by atoms with E-state index in [1.807, 2.05) is 11.8 Å². The normalized spacial score (nSPS) is 19.8. The Morgan fingerprint density at radius 2 is 2.00 bits per heavy atom. The van der Waals surface area contributed by atoms with Crippen LogP contribution in [0.4, 0.5) is 0 Å². The zero-order chi connectivity index (χ0) is 12.0. The number of piperazine rings is 1. The van der Waals surface area contributed by atoms with Gasteiger partial charge in [0.2, 0.25) is 5.91 Å². The van der Waals surface area contributed by atoms with Gasteiger partial charge in [-0.25, -0.2) is 0 Å². The molecule has 94 valence electrons. The minimum atomic E-state index is -0.339. The number of aliphatic hydroxyl groups is 1. The number of amides is 1. The fourth-order valence-electron chi connectivity index (χ4n) is 2.00. The summed E-state index contributed by atoms with van der Waals surface area (Å²) in [5.41, 5.74) is 5.81. The van der Waals surface area contributed by atoms with Crippen molar-refractivity contribution in [2.45, 2.75) is 25.8 Å². The highest BCUT2D eigenvalue weighted by molar-refractivity contribution is 5.81. The molecule has 0 radical (unpaired) electrons. The summed E-state index contributed by atoms with van der Waals surface area (Å²) < 4.78 is 0. The van der Waals surface area contributed by atoms with E-state index >= 15 is 0 Å². The lowest BCUT2D eigenvalue weighted by Crippen LogP contribution is -2.53. The third-order valence-corrected chi connectivity index (χ3v) is 3.02. The van der Waals surface area contributed by atoms with Crippen molar-refractivity contribution in [1.29, 1.82) is 0 Å². The van der Waals surface area contributed by atoms with Crippen LogP contribution in [0.3, 0.4) is 0 Å². The van der Waals surface area contributed by atoms with E-state index in [1.54, 1.807) is 0 Å². The highest BCUT2D eigenvalue weighted by Gasteiger charge is 2.24. The SMILES string of the molecule is CCC[C@@H](N)C(=O)N1CCN(CCO)CC1. The number of β-amino-alcohol motifs (C(OH)–C–C–N with tert-alkyl or cyclic N) is 1. The second kappa shape index (κ2) is 6.83. The molecule has 5 nitrogen and oxygen atoms in total. The molecule has 3 N–H and O–H groups in total. The fraction of sp³-hybridized carbons (Fsp3) is 0.909. The number of nitrogens with zero attached hydrogens (tertiary/aromatic N) is 2. The molecule has 1 atom stereocenters. The quantitative estimate of drug-likeness (QED) is 0.651. The lowest BCUT2D eigenvalue weighted by Gasteiger charge is -2.35. The van der Waals surface area contributed by atoms with E-state index in [9.17, 15) is 4.79 Å². The molecule has 0 spiro atoms. The molecule has 0 aromatic heterocycles. The monoisotopic (exact) mass is 229 g/mol. The van der Waals surface area contributed by atoms with Gasteiger partial charge in [0, 0.05) is 32.7 Å². The van der Waals surface area contributed by atoms with Crippen LogP contribution in [0.2, 0.25) is 0 Å². The van der Waals surface area contributed by atoms with Gasteiger partial charge in [-0.15, -0.1) is 0 Å². The summed E-state index contributed by atoms with van der Waals surface area (Å²) >= 11 is 0. The maximum atomic E-state index is 11.9. The summed E-state index contributed by atoms with van der Waals surface area (Å²) in [5, 5.41) is 8.81. The van der Waals surface area contributed by atoms with Crippen molar-refractivity contribution in [3.05, 3.63) is 0 Å².